The predicted octanol–water partition coefficient (Wildman–Crippen LogP) is 3.88. The Bertz CT molecular complexity index is 1020. The van der Waals surface area contributed by atoms with E-state index in [2.05, 4.69) is 5.32 Å². The Morgan fingerprint density at radius 1 is 0.969 bits per heavy atom. The molecule has 0 bridgehead atoms. The van der Waals surface area contributed by atoms with Gasteiger partial charge in [0.05, 0.1) is 0 Å². The van der Waals surface area contributed by atoms with Crippen LogP contribution in [0.3, 0.4) is 0 Å². The van der Waals surface area contributed by atoms with E-state index in [1.165, 1.54) is 6.92 Å². The molecule has 0 spiro atoms. The summed E-state index contributed by atoms with van der Waals surface area (Å²) in [7, 11) is 0. The molecule has 2 aliphatic heterocycles. The number of carbonyl (C=O) groups excluding carboxylic acids is 3. The Balaban J connectivity index is 1.39. The number of benzene rings is 2. The van der Waals surface area contributed by atoms with Crippen LogP contribution in [-0.4, -0.2) is 42.3 Å². The van der Waals surface area contributed by atoms with Crippen LogP contribution >= 0.6 is 0 Å². The third-order valence-electron chi connectivity index (χ3n) is 6.20. The minimum Gasteiger partial charge on any atom is -0.339 e. The number of rotatable bonds is 4. The molecule has 2 heterocycles. The monoisotopic (exact) mass is 431 g/mol. The maximum atomic E-state index is 13.4. The van der Waals surface area contributed by atoms with Gasteiger partial charge in [-0.15, -0.1) is 0 Å². The summed E-state index contributed by atoms with van der Waals surface area (Å²) < 4.78 is 0. The van der Waals surface area contributed by atoms with Crippen molar-refractivity contribution in [1.29, 1.82) is 0 Å². The standard InChI is InChI=1S/C26H29N3O3/c1-19(30)27-23-10-5-11-24-22(23)9-6-16-29(24)26(32)21-14-17-28(18-15-21)25(31)13-12-20-7-3-2-4-8-20/h2-5,7-8,10-13,21H,6,9,14-18H2,1H3,(H,27,30)/b13-12+. The molecule has 0 atom stereocenters. The Morgan fingerprint density at radius 3 is 2.44 bits per heavy atom. The molecule has 1 saturated heterocycles. The molecule has 1 N–H and O–H groups in total. The van der Waals surface area contributed by atoms with E-state index in [4.69, 9.17) is 0 Å². The maximum absolute atomic E-state index is 13.4. The summed E-state index contributed by atoms with van der Waals surface area (Å²) in [5.41, 5.74) is 3.71. The highest BCUT2D eigenvalue weighted by Crippen LogP contribution is 2.35. The summed E-state index contributed by atoms with van der Waals surface area (Å²) in [5.74, 6) is -0.0893. The van der Waals surface area contributed by atoms with E-state index in [0.29, 0.717) is 32.5 Å². The zero-order valence-electron chi connectivity index (χ0n) is 18.4. The molecule has 166 valence electrons. The van der Waals surface area contributed by atoms with Crippen molar-refractivity contribution < 1.29 is 14.4 Å². The van der Waals surface area contributed by atoms with Crippen molar-refractivity contribution in [3.05, 3.63) is 65.7 Å². The summed E-state index contributed by atoms with van der Waals surface area (Å²) in [6.45, 7) is 3.35. The van der Waals surface area contributed by atoms with Crippen LogP contribution in [0.1, 0.15) is 37.3 Å². The number of piperidine rings is 1. The summed E-state index contributed by atoms with van der Waals surface area (Å²) in [5, 5.41) is 2.89. The molecule has 4 rings (SSSR count). The summed E-state index contributed by atoms with van der Waals surface area (Å²) in [6.07, 6.45) is 6.49. The third-order valence-corrected chi connectivity index (χ3v) is 6.20. The molecule has 6 heteroatoms. The zero-order valence-corrected chi connectivity index (χ0v) is 18.4. The van der Waals surface area contributed by atoms with Crippen LogP contribution in [0, 0.1) is 5.92 Å². The number of hydrogen-bond acceptors (Lipinski definition) is 3. The lowest BCUT2D eigenvalue weighted by Crippen LogP contribution is -2.45. The second kappa shape index (κ2) is 9.81. The molecular weight excluding hydrogens is 402 g/mol. The number of hydrogen-bond donors (Lipinski definition) is 1. The molecule has 2 aromatic carbocycles. The molecule has 2 aliphatic rings. The van der Waals surface area contributed by atoms with Gasteiger partial charge in [0.15, 0.2) is 0 Å². The van der Waals surface area contributed by atoms with Gasteiger partial charge in [-0.05, 0) is 55.0 Å². The van der Waals surface area contributed by atoms with Crippen molar-refractivity contribution in [2.24, 2.45) is 5.92 Å². The first kappa shape index (κ1) is 21.8. The van der Waals surface area contributed by atoms with Crippen molar-refractivity contribution in [3.8, 4) is 0 Å². The minimum atomic E-state index is -0.111. The lowest BCUT2D eigenvalue weighted by Gasteiger charge is -2.36. The number of amides is 3. The van der Waals surface area contributed by atoms with E-state index in [1.807, 2.05) is 64.4 Å². The van der Waals surface area contributed by atoms with Gasteiger partial charge < -0.3 is 15.1 Å². The molecule has 32 heavy (non-hydrogen) atoms. The maximum Gasteiger partial charge on any atom is 0.246 e. The summed E-state index contributed by atoms with van der Waals surface area (Å²) in [6, 6.07) is 15.5. The Morgan fingerprint density at radius 2 is 1.72 bits per heavy atom. The number of nitrogens with zero attached hydrogens (tertiary/aromatic N) is 2. The fourth-order valence-corrected chi connectivity index (χ4v) is 4.56. The molecule has 6 nitrogen and oxygen atoms in total. The van der Waals surface area contributed by atoms with Crippen molar-refractivity contribution in [2.45, 2.75) is 32.6 Å². The molecule has 0 radical (unpaired) electrons. The van der Waals surface area contributed by atoms with Gasteiger partial charge in [0.2, 0.25) is 17.7 Å². The van der Waals surface area contributed by atoms with Gasteiger partial charge in [-0.1, -0.05) is 36.4 Å². The fraction of sp³-hybridized carbons (Fsp3) is 0.346. The third kappa shape index (κ3) is 4.90. The highest BCUT2D eigenvalue weighted by molar-refractivity contribution is 5.99. The first-order valence-corrected chi connectivity index (χ1v) is 11.3. The molecule has 2 aromatic rings. The van der Waals surface area contributed by atoms with E-state index >= 15 is 0 Å². The zero-order chi connectivity index (χ0) is 22.5. The van der Waals surface area contributed by atoms with Crippen molar-refractivity contribution >= 4 is 35.2 Å². The summed E-state index contributed by atoms with van der Waals surface area (Å²) >= 11 is 0. The second-order valence-corrected chi connectivity index (χ2v) is 8.42. The van der Waals surface area contributed by atoms with Gasteiger partial charge in [0, 0.05) is 49.9 Å². The number of carbonyl (C=O) groups is 3. The van der Waals surface area contributed by atoms with Gasteiger partial charge in [0.25, 0.3) is 0 Å². The second-order valence-electron chi connectivity index (χ2n) is 8.42. The van der Waals surface area contributed by atoms with E-state index in [1.54, 1.807) is 6.08 Å². The summed E-state index contributed by atoms with van der Waals surface area (Å²) in [4.78, 5) is 41.2. The fourth-order valence-electron chi connectivity index (χ4n) is 4.56. The molecule has 0 saturated carbocycles. The Kier molecular flexibility index (Phi) is 6.69. The Hall–Kier alpha value is -3.41. The smallest absolute Gasteiger partial charge is 0.246 e. The van der Waals surface area contributed by atoms with Crippen molar-refractivity contribution in [3.63, 3.8) is 0 Å². The molecule has 0 aliphatic carbocycles. The molecular formula is C26H29N3O3. The van der Waals surface area contributed by atoms with E-state index < -0.39 is 0 Å². The molecule has 0 unspecified atom stereocenters. The highest BCUT2D eigenvalue weighted by Gasteiger charge is 2.32. The van der Waals surface area contributed by atoms with Gasteiger partial charge in [0.1, 0.15) is 0 Å². The van der Waals surface area contributed by atoms with Gasteiger partial charge >= 0.3 is 0 Å². The van der Waals surface area contributed by atoms with Crippen molar-refractivity contribution in [1.82, 2.24) is 4.90 Å². The van der Waals surface area contributed by atoms with Gasteiger partial charge in [-0.2, -0.15) is 0 Å². The average molecular weight is 432 g/mol. The van der Waals surface area contributed by atoms with Gasteiger partial charge in [-0.25, -0.2) is 0 Å². The molecule has 3 amide bonds. The van der Waals surface area contributed by atoms with Crippen LogP contribution in [0.5, 0.6) is 0 Å². The van der Waals surface area contributed by atoms with E-state index in [-0.39, 0.29) is 23.6 Å². The SMILES string of the molecule is CC(=O)Nc1cccc2c1CCCN2C(=O)C1CCN(C(=O)/C=C/c2ccccc2)CC1. The van der Waals surface area contributed by atoms with Crippen LogP contribution in [-0.2, 0) is 20.8 Å². The van der Waals surface area contributed by atoms with E-state index in [0.717, 1.165) is 35.3 Å². The van der Waals surface area contributed by atoms with Crippen LogP contribution < -0.4 is 10.2 Å². The van der Waals surface area contributed by atoms with Crippen molar-refractivity contribution in [2.75, 3.05) is 29.9 Å². The van der Waals surface area contributed by atoms with Crippen LogP contribution in [0.25, 0.3) is 6.08 Å². The lowest BCUT2D eigenvalue weighted by atomic mass is 9.92. The molecule has 0 aromatic heterocycles. The number of likely N-dealkylation sites (tertiary alicyclic amines) is 1. The quantitative estimate of drug-likeness (QED) is 0.747. The minimum absolute atomic E-state index is 0.0111. The molecule has 1 fully saturated rings. The van der Waals surface area contributed by atoms with E-state index in [9.17, 15) is 14.4 Å². The normalized spacial score (nSPS) is 16.7. The van der Waals surface area contributed by atoms with Crippen LogP contribution in [0.15, 0.2) is 54.6 Å². The number of fused-ring (bicyclic) bond motifs is 1. The number of nitrogens with one attached hydrogen (secondary N) is 1. The largest absolute Gasteiger partial charge is 0.339 e. The first-order valence-electron chi connectivity index (χ1n) is 11.3. The average Bonchev–Trinajstić information content (AvgIpc) is 2.82. The Labute approximate surface area is 188 Å². The first-order chi connectivity index (χ1) is 15.5. The van der Waals surface area contributed by atoms with Crippen LogP contribution in [0.4, 0.5) is 11.4 Å². The number of anilines is 2. The highest BCUT2D eigenvalue weighted by atomic mass is 16.2. The lowest BCUT2D eigenvalue weighted by molar-refractivity contribution is -0.131. The topological polar surface area (TPSA) is 69.7 Å². The predicted molar refractivity (Wildman–Crippen MR) is 126 cm³/mol. The van der Waals surface area contributed by atoms with Gasteiger partial charge in [-0.3, -0.25) is 14.4 Å². The van der Waals surface area contributed by atoms with Crippen LogP contribution in [0.2, 0.25) is 0 Å².